The molecule has 0 bridgehead atoms. The molecule has 6 rings (SSSR count). The molecule has 50 heavy (non-hydrogen) atoms. The van der Waals surface area contributed by atoms with E-state index in [0.29, 0.717) is 17.2 Å². The fraction of sp³-hybridized carbons (Fsp3) is 0.0789. The lowest BCUT2D eigenvalue weighted by Gasteiger charge is -2.15. The zero-order chi connectivity index (χ0) is 35.5. The maximum absolute atomic E-state index is 13.3. The minimum atomic E-state index is -0.874. The second-order valence-electron chi connectivity index (χ2n) is 11.2. The van der Waals surface area contributed by atoms with E-state index in [1.807, 2.05) is 32.0 Å². The van der Waals surface area contributed by atoms with Crippen LogP contribution in [0.5, 0.6) is 17.2 Å². The number of esters is 2. The molecule has 0 spiro atoms. The molecule has 0 fully saturated rings. The number of hydrogen-bond donors (Lipinski definition) is 0. The number of aryl methyl sites for hydroxylation is 1. The first-order chi connectivity index (χ1) is 24.0. The predicted molar refractivity (Wildman–Crippen MR) is 179 cm³/mol. The fourth-order valence-corrected chi connectivity index (χ4v) is 5.12. The highest BCUT2D eigenvalue weighted by Gasteiger charge is 2.37. The van der Waals surface area contributed by atoms with Gasteiger partial charge in [-0.05, 0) is 110 Å². The van der Waals surface area contributed by atoms with Crippen LogP contribution < -0.4 is 14.4 Å². The number of rotatable bonds is 10. The predicted octanol–water partition coefficient (Wildman–Crippen LogP) is 7.06. The lowest BCUT2D eigenvalue weighted by molar-refractivity contribution is -0.384. The third-order valence-corrected chi connectivity index (χ3v) is 8.03. The Hall–Kier alpha value is -6.95. The van der Waals surface area contributed by atoms with Crippen molar-refractivity contribution in [3.8, 4) is 17.2 Å². The van der Waals surface area contributed by atoms with E-state index in [9.17, 15) is 34.1 Å². The number of hydrogen-bond acceptors (Lipinski definition) is 10. The third kappa shape index (κ3) is 6.71. The Morgan fingerprint density at radius 2 is 1.32 bits per heavy atom. The first-order valence-electron chi connectivity index (χ1n) is 15.1. The molecule has 2 amide bonds. The number of nitro benzene ring substituents is 1. The minimum Gasteiger partial charge on any atom is -0.457 e. The number of Topliss-reactive ketones (excluding diaryl/α,β-unsaturated/α-hetero) is 1. The highest BCUT2D eigenvalue weighted by Crippen LogP contribution is 2.32. The van der Waals surface area contributed by atoms with Crippen molar-refractivity contribution in [1.29, 1.82) is 0 Å². The lowest BCUT2D eigenvalue weighted by atomic mass is 10.1. The number of nitrogens with zero attached hydrogens (tertiary/aromatic N) is 2. The number of carbonyl (C=O) groups is 5. The van der Waals surface area contributed by atoms with Crippen molar-refractivity contribution >= 4 is 40.9 Å². The Morgan fingerprint density at radius 1 is 0.700 bits per heavy atom. The maximum Gasteiger partial charge on any atom is 0.343 e. The summed E-state index contributed by atoms with van der Waals surface area (Å²) >= 11 is 0. The molecule has 1 aliphatic heterocycles. The monoisotopic (exact) mass is 670 g/mol. The van der Waals surface area contributed by atoms with Gasteiger partial charge in [-0.15, -0.1) is 0 Å². The smallest absolute Gasteiger partial charge is 0.343 e. The molecule has 0 radical (unpaired) electrons. The van der Waals surface area contributed by atoms with Gasteiger partial charge in [0.05, 0.1) is 32.9 Å². The second kappa shape index (κ2) is 13.6. The van der Waals surface area contributed by atoms with Crippen LogP contribution in [0, 0.1) is 24.0 Å². The van der Waals surface area contributed by atoms with E-state index >= 15 is 0 Å². The molecule has 0 saturated heterocycles. The summed E-state index contributed by atoms with van der Waals surface area (Å²) in [6.07, 6.45) is 0. The molecule has 12 heteroatoms. The number of fused-ring (bicyclic) bond motifs is 1. The molecular weight excluding hydrogens is 644 g/mol. The van der Waals surface area contributed by atoms with Crippen molar-refractivity contribution in [1.82, 2.24) is 0 Å². The molecule has 248 valence electrons. The molecule has 0 saturated carbocycles. The SMILES string of the molecule is Cc1cccc(Oc2ccc(N3C(=O)c4ccc(C(=O)OCC(=O)c5ccc(OC(=O)c6ccc([N+](=O)[O-])cc6)cc5)cc4C3=O)cc2)c1C. The summed E-state index contributed by atoms with van der Waals surface area (Å²) in [5.41, 5.74) is 2.61. The number of anilines is 1. The van der Waals surface area contributed by atoms with E-state index in [4.69, 9.17) is 14.2 Å². The van der Waals surface area contributed by atoms with Crippen molar-refractivity contribution in [2.75, 3.05) is 11.5 Å². The van der Waals surface area contributed by atoms with Crippen molar-refractivity contribution in [3.05, 3.63) is 158 Å². The molecule has 12 nitrogen and oxygen atoms in total. The first-order valence-corrected chi connectivity index (χ1v) is 15.1. The second-order valence-corrected chi connectivity index (χ2v) is 11.2. The van der Waals surface area contributed by atoms with E-state index in [-0.39, 0.29) is 39.3 Å². The number of nitro groups is 1. The normalized spacial score (nSPS) is 11.9. The van der Waals surface area contributed by atoms with Gasteiger partial charge in [0, 0.05) is 17.7 Å². The summed E-state index contributed by atoms with van der Waals surface area (Å²) in [5.74, 6) is -2.00. The average Bonchev–Trinajstić information content (AvgIpc) is 3.37. The van der Waals surface area contributed by atoms with Gasteiger partial charge >= 0.3 is 11.9 Å². The molecule has 0 aliphatic carbocycles. The Bertz CT molecular complexity index is 2190. The number of benzene rings is 5. The largest absolute Gasteiger partial charge is 0.457 e. The van der Waals surface area contributed by atoms with Gasteiger partial charge < -0.3 is 14.2 Å². The number of carbonyl (C=O) groups excluding carboxylic acids is 5. The molecule has 0 unspecified atom stereocenters. The Morgan fingerprint density at radius 3 is 2.00 bits per heavy atom. The number of ketones is 1. The van der Waals surface area contributed by atoms with Gasteiger partial charge in [0.25, 0.3) is 17.5 Å². The Balaban J connectivity index is 1.05. The Labute approximate surface area is 284 Å². The average molecular weight is 671 g/mol. The highest BCUT2D eigenvalue weighted by atomic mass is 16.6. The number of imide groups is 1. The third-order valence-electron chi connectivity index (χ3n) is 8.03. The van der Waals surface area contributed by atoms with E-state index in [2.05, 4.69) is 0 Å². The fourth-order valence-electron chi connectivity index (χ4n) is 5.12. The van der Waals surface area contributed by atoms with Crippen LogP contribution >= 0.6 is 0 Å². The lowest BCUT2D eigenvalue weighted by Crippen LogP contribution is -2.29. The van der Waals surface area contributed by atoms with Gasteiger partial charge in [0.2, 0.25) is 0 Å². The van der Waals surface area contributed by atoms with Crippen LogP contribution in [0.3, 0.4) is 0 Å². The van der Waals surface area contributed by atoms with Crippen LogP contribution in [0.1, 0.15) is 62.9 Å². The summed E-state index contributed by atoms with van der Waals surface area (Å²) in [7, 11) is 0. The first kappa shape index (κ1) is 33.0. The summed E-state index contributed by atoms with van der Waals surface area (Å²) < 4.78 is 16.4. The zero-order valence-electron chi connectivity index (χ0n) is 26.6. The molecule has 0 atom stereocenters. The summed E-state index contributed by atoms with van der Waals surface area (Å²) in [5, 5.41) is 10.8. The van der Waals surface area contributed by atoms with Crippen LogP contribution in [-0.4, -0.2) is 41.1 Å². The van der Waals surface area contributed by atoms with Crippen molar-refractivity contribution < 1.29 is 43.1 Å². The summed E-state index contributed by atoms with van der Waals surface area (Å²) in [6, 6.07) is 26.6. The molecule has 0 N–H and O–H groups in total. The van der Waals surface area contributed by atoms with E-state index in [1.54, 1.807) is 24.3 Å². The van der Waals surface area contributed by atoms with Gasteiger partial charge in [0.1, 0.15) is 17.2 Å². The van der Waals surface area contributed by atoms with Crippen molar-refractivity contribution in [3.63, 3.8) is 0 Å². The minimum absolute atomic E-state index is 0.0188. The van der Waals surface area contributed by atoms with Crippen LogP contribution in [0.4, 0.5) is 11.4 Å². The number of amides is 2. The topological polar surface area (TPSA) is 159 Å². The molecule has 0 aromatic heterocycles. The van der Waals surface area contributed by atoms with Crippen LogP contribution in [-0.2, 0) is 4.74 Å². The van der Waals surface area contributed by atoms with Crippen molar-refractivity contribution in [2.24, 2.45) is 0 Å². The number of ether oxygens (including phenoxy) is 3. The van der Waals surface area contributed by atoms with Gasteiger partial charge in [-0.1, -0.05) is 12.1 Å². The van der Waals surface area contributed by atoms with Crippen LogP contribution in [0.2, 0.25) is 0 Å². The van der Waals surface area contributed by atoms with Crippen molar-refractivity contribution in [2.45, 2.75) is 13.8 Å². The molecule has 5 aromatic rings. The molecule has 1 heterocycles. The summed E-state index contributed by atoms with van der Waals surface area (Å²) in [6.45, 7) is 3.32. The van der Waals surface area contributed by atoms with E-state index in [0.717, 1.165) is 16.0 Å². The summed E-state index contributed by atoms with van der Waals surface area (Å²) in [4.78, 5) is 75.6. The van der Waals surface area contributed by atoms with Crippen LogP contribution in [0.15, 0.2) is 109 Å². The van der Waals surface area contributed by atoms with Gasteiger partial charge in [0.15, 0.2) is 12.4 Å². The highest BCUT2D eigenvalue weighted by molar-refractivity contribution is 6.34. The molecular formula is C38H26N2O10. The maximum atomic E-state index is 13.3. The molecule has 5 aromatic carbocycles. The number of non-ortho nitro benzene ring substituents is 1. The Kier molecular flexibility index (Phi) is 9.00. The van der Waals surface area contributed by atoms with Gasteiger partial charge in [-0.2, -0.15) is 0 Å². The standard InChI is InChI=1S/C38H26N2O10/c1-22-4-3-5-34(23(22)2)49-29-17-13-27(14-18-29)39-35(42)31-19-10-26(20-32(31)36(39)43)37(44)48-21-33(41)24-8-15-30(16-9-24)50-38(45)25-6-11-28(12-7-25)40(46)47/h3-20H,21H2,1-2H3. The molecule has 1 aliphatic rings. The van der Waals surface area contributed by atoms with Gasteiger partial charge in [-0.25, -0.2) is 14.5 Å². The van der Waals surface area contributed by atoms with Gasteiger partial charge in [-0.3, -0.25) is 24.5 Å². The van der Waals surface area contributed by atoms with Crippen LogP contribution in [0.25, 0.3) is 0 Å². The van der Waals surface area contributed by atoms with E-state index < -0.39 is 41.1 Å². The zero-order valence-corrected chi connectivity index (χ0v) is 26.6. The van der Waals surface area contributed by atoms with E-state index in [1.165, 1.54) is 66.7 Å². The quantitative estimate of drug-likeness (QED) is 0.0376.